The molecule has 9 heteroatoms. The van der Waals surface area contributed by atoms with E-state index in [0.717, 1.165) is 15.3 Å². The first-order chi connectivity index (χ1) is 9.45. The molecule has 2 heterocycles. The van der Waals surface area contributed by atoms with Gasteiger partial charge < -0.3 is 0 Å². The molecule has 0 aliphatic heterocycles. The molecular formula is C11H10N4O2S3. The second kappa shape index (κ2) is 4.85. The molecule has 0 atom stereocenters. The number of aromatic nitrogens is 2. The Bertz CT molecular complexity index is 901. The van der Waals surface area contributed by atoms with Crippen LogP contribution in [-0.2, 0) is 10.2 Å². The van der Waals surface area contributed by atoms with Crippen LogP contribution in [0.15, 0.2) is 28.7 Å². The fraction of sp³-hybridized carbons (Fsp3) is 0.182. The van der Waals surface area contributed by atoms with Gasteiger partial charge in [-0.3, -0.25) is 0 Å². The lowest BCUT2D eigenvalue weighted by molar-refractivity contribution is 0.522. The molecule has 1 aromatic carbocycles. The van der Waals surface area contributed by atoms with E-state index < -0.39 is 10.2 Å². The zero-order valence-electron chi connectivity index (χ0n) is 10.6. The van der Waals surface area contributed by atoms with Gasteiger partial charge in [-0.05, 0) is 12.1 Å². The molecule has 0 unspecified atom stereocenters. The van der Waals surface area contributed by atoms with E-state index in [4.69, 9.17) is 0 Å². The van der Waals surface area contributed by atoms with Crippen molar-refractivity contribution in [3.05, 3.63) is 28.3 Å². The van der Waals surface area contributed by atoms with Gasteiger partial charge in [0.15, 0.2) is 13.6 Å². The van der Waals surface area contributed by atoms with Crippen molar-refractivity contribution in [3.63, 3.8) is 0 Å². The van der Waals surface area contributed by atoms with Crippen LogP contribution < -0.4 is 3.98 Å². The van der Waals surface area contributed by atoms with Gasteiger partial charge in [0.05, 0.1) is 11.0 Å². The van der Waals surface area contributed by atoms with E-state index in [1.165, 1.54) is 36.8 Å². The average molecular weight is 326 g/mol. The highest BCUT2D eigenvalue weighted by atomic mass is 32.2. The summed E-state index contributed by atoms with van der Waals surface area (Å²) in [5.74, 6) is 0. The van der Waals surface area contributed by atoms with E-state index in [9.17, 15) is 8.42 Å². The fourth-order valence-corrected chi connectivity index (χ4v) is 4.49. The Kier molecular flexibility index (Phi) is 3.28. The van der Waals surface area contributed by atoms with Gasteiger partial charge in [-0.25, -0.2) is 9.97 Å². The minimum absolute atomic E-state index is 0.420. The first-order valence-electron chi connectivity index (χ1n) is 5.60. The van der Waals surface area contributed by atoms with Crippen LogP contribution in [-0.4, -0.2) is 36.8 Å². The summed E-state index contributed by atoms with van der Waals surface area (Å²) in [7, 11) is -0.730. The van der Waals surface area contributed by atoms with Gasteiger partial charge in [0.1, 0.15) is 0 Å². The monoisotopic (exact) mass is 326 g/mol. The quantitative estimate of drug-likeness (QED) is 0.717. The number of nitrogens with zero attached hydrogens (tertiary/aromatic N) is 4. The van der Waals surface area contributed by atoms with Crippen LogP contribution in [0.5, 0.6) is 0 Å². The summed E-state index contributed by atoms with van der Waals surface area (Å²) in [5.41, 5.74) is 1.58. The molecule has 0 aliphatic carbocycles. The predicted octanol–water partition coefficient (Wildman–Crippen LogP) is 1.61. The molecule has 2 aromatic heterocycles. The third-order valence-electron chi connectivity index (χ3n) is 2.53. The third-order valence-corrected chi connectivity index (χ3v) is 6.21. The van der Waals surface area contributed by atoms with Crippen LogP contribution in [0.4, 0.5) is 0 Å². The highest BCUT2D eigenvalue weighted by molar-refractivity contribution is 7.87. The molecule has 20 heavy (non-hydrogen) atoms. The van der Waals surface area contributed by atoms with E-state index >= 15 is 0 Å². The van der Waals surface area contributed by atoms with Gasteiger partial charge >= 0.3 is 10.2 Å². The molecule has 0 amide bonds. The molecule has 0 aliphatic rings. The number of para-hydroxylation sites is 2. The summed E-state index contributed by atoms with van der Waals surface area (Å²) in [6.07, 6.45) is 0. The molecule has 0 saturated carbocycles. The molecule has 0 spiro atoms. The molecular weight excluding hydrogens is 316 g/mol. The molecule has 0 fully saturated rings. The lowest BCUT2D eigenvalue weighted by atomic mass is 10.3. The first kappa shape index (κ1) is 13.6. The smallest absolute Gasteiger partial charge is 0.233 e. The van der Waals surface area contributed by atoms with Crippen molar-refractivity contribution in [1.29, 1.82) is 0 Å². The Morgan fingerprint density at radius 3 is 2.00 bits per heavy atom. The average Bonchev–Trinajstić information content (AvgIpc) is 2.75. The summed E-state index contributed by atoms with van der Waals surface area (Å²) in [4.78, 5) is 10.3. The maximum atomic E-state index is 11.7. The highest BCUT2D eigenvalue weighted by Crippen LogP contribution is 2.21. The van der Waals surface area contributed by atoms with Gasteiger partial charge in [0.2, 0.25) is 0 Å². The number of rotatable bonds is 2. The zero-order valence-corrected chi connectivity index (χ0v) is 13.1. The van der Waals surface area contributed by atoms with Crippen molar-refractivity contribution in [2.75, 3.05) is 14.1 Å². The predicted molar refractivity (Wildman–Crippen MR) is 81.0 cm³/mol. The second-order valence-electron chi connectivity index (χ2n) is 4.14. The molecule has 0 N–H and O–H groups in total. The molecule has 104 valence electrons. The van der Waals surface area contributed by atoms with Gasteiger partial charge in [-0.1, -0.05) is 34.8 Å². The van der Waals surface area contributed by atoms with Gasteiger partial charge in [-0.15, -0.1) is 4.40 Å². The third kappa shape index (κ3) is 2.44. The fourth-order valence-electron chi connectivity index (χ4n) is 1.50. The molecule has 6 nitrogen and oxygen atoms in total. The largest absolute Gasteiger partial charge is 0.323 e. The lowest BCUT2D eigenvalue weighted by Crippen LogP contribution is -2.21. The summed E-state index contributed by atoms with van der Waals surface area (Å²) < 4.78 is 28.7. The lowest BCUT2D eigenvalue weighted by Gasteiger charge is -2.03. The SMILES string of the molecule is CN(C)S(=O)(=O)N=c1sc2nc3ccccc3nc2s1. The Morgan fingerprint density at radius 2 is 1.55 bits per heavy atom. The summed E-state index contributed by atoms with van der Waals surface area (Å²) in [6, 6.07) is 7.53. The Morgan fingerprint density at radius 1 is 1.05 bits per heavy atom. The molecule has 3 rings (SSSR count). The van der Waals surface area contributed by atoms with E-state index in [2.05, 4.69) is 14.4 Å². The van der Waals surface area contributed by atoms with Gasteiger partial charge in [0.25, 0.3) is 0 Å². The number of hydrogen-bond donors (Lipinski definition) is 0. The van der Waals surface area contributed by atoms with E-state index in [-0.39, 0.29) is 0 Å². The minimum Gasteiger partial charge on any atom is -0.233 e. The van der Waals surface area contributed by atoms with Crippen molar-refractivity contribution in [2.45, 2.75) is 0 Å². The summed E-state index contributed by atoms with van der Waals surface area (Å²) >= 11 is 2.46. The molecule has 0 bridgehead atoms. The van der Waals surface area contributed by atoms with Crippen molar-refractivity contribution in [2.24, 2.45) is 4.40 Å². The van der Waals surface area contributed by atoms with Crippen molar-refractivity contribution in [1.82, 2.24) is 14.3 Å². The van der Waals surface area contributed by atoms with Crippen LogP contribution in [0.1, 0.15) is 0 Å². The Balaban J connectivity index is 2.25. The number of benzene rings is 1. The minimum atomic E-state index is -3.62. The normalized spacial score (nSPS) is 12.3. The van der Waals surface area contributed by atoms with Gasteiger partial charge in [0, 0.05) is 14.1 Å². The summed E-state index contributed by atoms with van der Waals surface area (Å²) in [5, 5.41) is 0. The first-order valence-corrected chi connectivity index (χ1v) is 8.63. The standard InChI is InChI=1S/C11H10N4O2S3/c1-15(2)20(16,17)14-11-18-9-10(19-11)13-8-6-4-3-5-7(8)12-9/h3-6H,1-2H3. The van der Waals surface area contributed by atoms with E-state index in [1.807, 2.05) is 24.3 Å². The summed E-state index contributed by atoms with van der Waals surface area (Å²) in [6.45, 7) is 0. The second-order valence-corrected chi connectivity index (χ2v) is 8.17. The maximum absolute atomic E-state index is 11.7. The van der Waals surface area contributed by atoms with Crippen LogP contribution in [0.25, 0.3) is 20.7 Å². The number of hydrogen-bond acceptors (Lipinski definition) is 6. The van der Waals surface area contributed by atoms with Crippen LogP contribution >= 0.6 is 22.7 Å². The topological polar surface area (TPSA) is 75.5 Å². The van der Waals surface area contributed by atoms with E-state index in [1.54, 1.807) is 0 Å². The molecule has 3 aromatic rings. The number of fused-ring (bicyclic) bond motifs is 2. The van der Waals surface area contributed by atoms with Crippen LogP contribution in [0.2, 0.25) is 0 Å². The van der Waals surface area contributed by atoms with Gasteiger partial charge in [-0.2, -0.15) is 12.7 Å². The van der Waals surface area contributed by atoms with Crippen molar-refractivity contribution < 1.29 is 8.42 Å². The Labute approximate surface area is 123 Å². The van der Waals surface area contributed by atoms with Crippen LogP contribution in [0.3, 0.4) is 0 Å². The maximum Gasteiger partial charge on any atom is 0.323 e. The molecule has 0 radical (unpaired) electrons. The molecule has 0 saturated heterocycles. The van der Waals surface area contributed by atoms with E-state index in [0.29, 0.717) is 13.6 Å². The van der Waals surface area contributed by atoms with Crippen molar-refractivity contribution in [3.8, 4) is 0 Å². The Hall–Kier alpha value is -1.42. The van der Waals surface area contributed by atoms with Crippen LogP contribution in [0, 0.1) is 0 Å². The van der Waals surface area contributed by atoms with Crippen molar-refractivity contribution >= 4 is 53.6 Å². The zero-order chi connectivity index (χ0) is 14.3. The highest BCUT2D eigenvalue weighted by Gasteiger charge is 2.12.